The fraction of sp³-hybridized carbons (Fsp3) is 0.545. The number of hydrogen-bond acceptors (Lipinski definition) is 5. The third-order valence-electron chi connectivity index (χ3n) is 5.49. The molecule has 1 aliphatic heterocycles. The highest BCUT2D eigenvalue weighted by Gasteiger charge is 2.29. The number of rotatable bonds is 9. The lowest BCUT2D eigenvalue weighted by Crippen LogP contribution is -2.47. The number of carbonyl (C=O) groups excluding carboxylic acids is 2. The summed E-state index contributed by atoms with van der Waals surface area (Å²) in [6.45, 7) is 6.49. The molecule has 1 atom stereocenters. The molecule has 0 aromatic heterocycles. The third-order valence-corrected chi connectivity index (χ3v) is 6.91. The Morgan fingerprint density at radius 1 is 1.33 bits per heavy atom. The van der Waals surface area contributed by atoms with Gasteiger partial charge in [0, 0.05) is 30.2 Å². The number of benzene rings is 1. The Kier molecular flexibility index (Phi) is 9.99. The van der Waals surface area contributed by atoms with Gasteiger partial charge < -0.3 is 10.6 Å². The monoisotopic (exact) mass is 450 g/mol. The molecule has 6 nitrogen and oxygen atoms in total. The van der Waals surface area contributed by atoms with Gasteiger partial charge in [-0.15, -0.1) is 6.42 Å². The van der Waals surface area contributed by atoms with E-state index in [1.54, 1.807) is 11.9 Å². The van der Waals surface area contributed by atoms with Gasteiger partial charge in [0.15, 0.2) is 0 Å². The van der Waals surface area contributed by atoms with Crippen molar-refractivity contribution in [3.63, 3.8) is 0 Å². The van der Waals surface area contributed by atoms with E-state index in [2.05, 4.69) is 44.8 Å². The van der Waals surface area contributed by atoms with E-state index < -0.39 is 0 Å². The van der Waals surface area contributed by atoms with Crippen molar-refractivity contribution in [1.29, 1.82) is 0 Å². The lowest BCUT2D eigenvalue weighted by atomic mass is 9.99. The van der Waals surface area contributed by atoms with Crippen molar-refractivity contribution >= 4 is 35.4 Å². The molecule has 0 spiro atoms. The molecule has 2 rings (SSSR count). The average molecular weight is 451 g/mol. The lowest BCUT2D eigenvalue weighted by molar-refractivity contribution is -0.126. The fourth-order valence-electron chi connectivity index (χ4n) is 3.68. The lowest BCUT2D eigenvalue weighted by Gasteiger charge is -2.40. The highest BCUT2D eigenvalue weighted by molar-refractivity contribution is 7.96. The van der Waals surface area contributed by atoms with Crippen LogP contribution in [0.2, 0.25) is 5.02 Å². The summed E-state index contributed by atoms with van der Waals surface area (Å²) in [7, 11) is 0. The normalized spacial score (nSPS) is 16.1. The van der Waals surface area contributed by atoms with Crippen LogP contribution in [0.25, 0.3) is 0 Å². The first kappa shape index (κ1) is 24.5. The molecule has 1 fully saturated rings. The van der Waals surface area contributed by atoms with Crippen LogP contribution >= 0.6 is 23.5 Å². The van der Waals surface area contributed by atoms with Crippen molar-refractivity contribution in [2.75, 3.05) is 39.0 Å². The molecular formula is C22H31ClN4O2S. The zero-order valence-electron chi connectivity index (χ0n) is 17.9. The van der Waals surface area contributed by atoms with Crippen LogP contribution in [-0.2, 0) is 9.59 Å². The first-order valence-electron chi connectivity index (χ1n) is 10.1. The molecule has 1 unspecified atom stereocenters. The molecule has 0 aliphatic carbocycles. The van der Waals surface area contributed by atoms with Crippen LogP contribution in [0.3, 0.4) is 0 Å². The number of aryl methyl sites for hydroxylation is 1. The van der Waals surface area contributed by atoms with Crippen LogP contribution < -0.4 is 10.6 Å². The van der Waals surface area contributed by atoms with Gasteiger partial charge in [0.2, 0.25) is 11.8 Å². The van der Waals surface area contributed by atoms with E-state index in [1.807, 2.05) is 19.2 Å². The van der Waals surface area contributed by atoms with E-state index in [-0.39, 0.29) is 37.5 Å². The van der Waals surface area contributed by atoms with Crippen molar-refractivity contribution in [3.8, 4) is 12.3 Å². The van der Waals surface area contributed by atoms with E-state index in [9.17, 15) is 9.59 Å². The molecule has 2 amide bonds. The maximum Gasteiger partial charge on any atom is 0.240 e. The molecule has 1 saturated heterocycles. The second kappa shape index (κ2) is 12.2. The van der Waals surface area contributed by atoms with Crippen molar-refractivity contribution in [1.82, 2.24) is 19.8 Å². The first-order valence-corrected chi connectivity index (χ1v) is 11.7. The van der Waals surface area contributed by atoms with Gasteiger partial charge in [-0.2, -0.15) is 0 Å². The highest BCUT2D eigenvalue weighted by atomic mass is 35.5. The Morgan fingerprint density at radius 2 is 2.03 bits per heavy atom. The number of piperidine rings is 1. The minimum atomic E-state index is -0.283. The average Bonchev–Trinajstić information content (AvgIpc) is 2.76. The second-order valence-corrected chi connectivity index (χ2v) is 8.65. The number of halogens is 1. The molecule has 1 heterocycles. The topological polar surface area (TPSA) is 64.7 Å². The van der Waals surface area contributed by atoms with Crippen LogP contribution in [0.5, 0.6) is 0 Å². The predicted octanol–water partition coefficient (Wildman–Crippen LogP) is 2.62. The summed E-state index contributed by atoms with van der Waals surface area (Å²) in [4.78, 5) is 26.3. The number of amides is 2. The Labute approximate surface area is 189 Å². The number of terminal acetylenes is 1. The van der Waals surface area contributed by atoms with Crippen molar-refractivity contribution < 1.29 is 9.59 Å². The zero-order valence-corrected chi connectivity index (χ0v) is 19.5. The van der Waals surface area contributed by atoms with Crippen molar-refractivity contribution in [3.05, 3.63) is 34.3 Å². The highest BCUT2D eigenvalue weighted by Crippen LogP contribution is 2.32. The summed E-state index contributed by atoms with van der Waals surface area (Å²) in [5.41, 5.74) is 2.27. The van der Waals surface area contributed by atoms with E-state index in [4.69, 9.17) is 18.0 Å². The van der Waals surface area contributed by atoms with Gasteiger partial charge in [-0.1, -0.05) is 47.7 Å². The molecule has 0 bridgehead atoms. The summed E-state index contributed by atoms with van der Waals surface area (Å²) in [6, 6.07) is 6.76. The summed E-state index contributed by atoms with van der Waals surface area (Å²) >= 11 is 8.09. The van der Waals surface area contributed by atoms with Crippen LogP contribution in [0.4, 0.5) is 0 Å². The molecule has 0 saturated carbocycles. The summed E-state index contributed by atoms with van der Waals surface area (Å²) in [5.74, 6) is 1.88. The predicted molar refractivity (Wildman–Crippen MR) is 124 cm³/mol. The van der Waals surface area contributed by atoms with Crippen LogP contribution in [0.1, 0.15) is 36.9 Å². The number of carbonyl (C=O) groups is 2. The Hall–Kier alpha value is -1.72. The fourth-order valence-corrected chi connectivity index (χ4v) is 4.72. The third kappa shape index (κ3) is 6.92. The van der Waals surface area contributed by atoms with Crippen molar-refractivity contribution in [2.24, 2.45) is 0 Å². The van der Waals surface area contributed by atoms with Gasteiger partial charge in [-0.05, 0) is 44.1 Å². The molecule has 0 radical (unpaired) electrons. The summed E-state index contributed by atoms with van der Waals surface area (Å²) in [6.07, 6.45) is 9.04. The maximum atomic E-state index is 12.2. The molecule has 8 heteroatoms. The van der Waals surface area contributed by atoms with Crippen LogP contribution in [-0.4, -0.2) is 66.0 Å². The van der Waals surface area contributed by atoms with Gasteiger partial charge in [0.1, 0.15) is 0 Å². The maximum absolute atomic E-state index is 12.2. The molecule has 2 N–H and O–H groups in total. The minimum Gasteiger partial charge on any atom is -0.346 e. The zero-order chi connectivity index (χ0) is 22.1. The summed E-state index contributed by atoms with van der Waals surface area (Å²) < 4.78 is 2.11. The molecule has 1 aromatic carbocycles. The quantitative estimate of drug-likeness (QED) is 0.447. The number of likely N-dealkylation sites (tertiary alicyclic amines) is 1. The Balaban J connectivity index is 1.83. The summed E-state index contributed by atoms with van der Waals surface area (Å²) in [5, 5.41) is 6.03. The minimum absolute atomic E-state index is 0.0596. The standard InChI is InChI=1S/C22H31ClN4O2S/c1-5-11-24-20(28)14-25-21(29)15-27(30-4)18-9-12-26(13-10-18)17(3)19-8-6-7-16(2)22(19)23/h1,6-8,17-18H,9-15H2,2-4H3,(H,24,28)(H,25,29). The van der Waals surface area contributed by atoms with E-state index >= 15 is 0 Å². The smallest absolute Gasteiger partial charge is 0.240 e. The van der Waals surface area contributed by atoms with E-state index in [0.717, 1.165) is 36.5 Å². The van der Waals surface area contributed by atoms with Crippen LogP contribution in [0, 0.1) is 19.3 Å². The van der Waals surface area contributed by atoms with Gasteiger partial charge >= 0.3 is 0 Å². The molecule has 1 aromatic rings. The number of nitrogens with zero attached hydrogens (tertiary/aromatic N) is 2. The molecular weight excluding hydrogens is 420 g/mol. The number of nitrogens with one attached hydrogen (secondary N) is 2. The van der Waals surface area contributed by atoms with Crippen LogP contribution in [0.15, 0.2) is 18.2 Å². The largest absolute Gasteiger partial charge is 0.346 e. The van der Waals surface area contributed by atoms with E-state index in [0.29, 0.717) is 6.04 Å². The molecule has 164 valence electrons. The Bertz CT molecular complexity index is 775. The van der Waals surface area contributed by atoms with Gasteiger partial charge in [0.05, 0.1) is 19.6 Å². The molecule has 1 aliphatic rings. The van der Waals surface area contributed by atoms with Gasteiger partial charge in [-0.25, -0.2) is 4.31 Å². The number of hydrogen-bond donors (Lipinski definition) is 2. The molecule has 30 heavy (non-hydrogen) atoms. The van der Waals surface area contributed by atoms with Gasteiger partial charge in [-0.3, -0.25) is 14.5 Å². The van der Waals surface area contributed by atoms with Crippen molar-refractivity contribution in [2.45, 2.75) is 38.8 Å². The second-order valence-electron chi connectivity index (χ2n) is 7.44. The SMILES string of the molecule is C#CCNC(=O)CNC(=O)CN(SC)C1CCN(C(C)c2cccc(C)c2Cl)CC1. The van der Waals surface area contributed by atoms with E-state index in [1.165, 1.54) is 5.56 Å². The Morgan fingerprint density at radius 3 is 2.67 bits per heavy atom. The van der Waals surface area contributed by atoms with Gasteiger partial charge in [0.25, 0.3) is 0 Å². The first-order chi connectivity index (χ1) is 14.4.